The van der Waals surface area contributed by atoms with E-state index in [1.54, 1.807) is 0 Å². The van der Waals surface area contributed by atoms with Crippen molar-refractivity contribution >= 4 is 21.9 Å². The zero-order chi connectivity index (χ0) is 10.7. The Morgan fingerprint density at radius 2 is 2.29 bits per heavy atom. The summed E-state index contributed by atoms with van der Waals surface area (Å²) in [4.78, 5) is 10.9. The number of hydrogen-bond acceptors (Lipinski definition) is 3. The normalized spacial score (nSPS) is 9.93. The average Bonchev–Trinajstić information content (AvgIpc) is 2.14. The first kappa shape index (κ1) is 11.0. The zero-order valence-corrected chi connectivity index (χ0v) is 8.97. The molecule has 0 atom stereocenters. The minimum atomic E-state index is -0.629. The minimum Gasteiger partial charge on any atom is -0.507 e. The predicted molar refractivity (Wildman–Crippen MR) is 51.5 cm³/mol. The number of phenols is 1. The van der Waals surface area contributed by atoms with Crippen LogP contribution in [0.4, 0.5) is 4.39 Å². The summed E-state index contributed by atoms with van der Waals surface area (Å²) in [5.74, 6) is -1.35. The van der Waals surface area contributed by atoms with Crippen molar-refractivity contribution in [3.63, 3.8) is 0 Å². The van der Waals surface area contributed by atoms with Crippen molar-refractivity contribution < 1.29 is 19.0 Å². The summed E-state index contributed by atoms with van der Waals surface area (Å²) in [6, 6.07) is 2.30. The maximum Gasteiger partial charge on any atom is 0.310 e. The standard InChI is InChI=1S/C9H8BrFO3/c1-14-9(13)3-5-2-6(10)8(12)4-7(5)11/h2,4,12H,3H2,1H3. The van der Waals surface area contributed by atoms with Crippen molar-refractivity contribution in [1.82, 2.24) is 0 Å². The number of carbonyl (C=O) groups excluding carboxylic acids is 1. The number of phenolic OH excluding ortho intramolecular Hbond substituents is 1. The SMILES string of the molecule is COC(=O)Cc1cc(Br)c(O)cc1F. The number of benzene rings is 1. The van der Waals surface area contributed by atoms with Gasteiger partial charge in [0.2, 0.25) is 0 Å². The highest BCUT2D eigenvalue weighted by molar-refractivity contribution is 9.10. The molecule has 0 saturated carbocycles. The molecule has 1 rings (SSSR count). The molecule has 14 heavy (non-hydrogen) atoms. The molecule has 0 heterocycles. The molecule has 0 fully saturated rings. The van der Waals surface area contributed by atoms with E-state index in [4.69, 9.17) is 5.11 Å². The van der Waals surface area contributed by atoms with E-state index in [1.165, 1.54) is 13.2 Å². The molecule has 0 aromatic heterocycles. The van der Waals surface area contributed by atoms with E-state index in [9.17, 15) is 9.18 Å². The second kappa shape index (κ2) is 4.41. The number of hydrogen-bond donors (Lipinski definition) is 1. The maximum atomic E-state index is 13.1. The third kappa shape index (κ3) is 2.45. The van der Waals surface area contributed by atoms with Gasteiger partial charge in [0.1, 0.15) is 11.6 Å². The van der Waals surface area contributed by atoms with Crippen molar-refractivity contribution in [2.45, 2.75) is 6.42 Å². The molecule has 0 aliphatic heterocycles. The summed E-state index contributed by atoms with van der Waals surface area (Å²) in [6.45, 7) is 0. The number of rotatable bonds is 2. The molecule has 0 unspecified atom stereocenters. The largest absolute Gasteiger partial charge is 0.507 e. The van der Waals surface area contributed by atoms with Gasteiger partial charge in [-0.05, 0) is 22.0 Å². The van der Waals surface area contributed by atoms with E-state index >= 15 is 0 Å². The van der Waals surface area contributed by atoms with Gasteiger partial charge in [-0.3, -0.25) is 4.79 Å². The number of ether oxygens (including phenoxy) is 1. The van der Waals surface area contributed by atoms with Crippen LogP contribution in [0, 0.1) is 5.82 Å². The molecule has 0 saturated heterocycles. The van der Waals surface area contributed by atoms with E-state index in [2.05, 4.69) is 20.7 Å². The van der Waals surface area contributed by atoms with Crippen molar-refractivity contribution in [3.8, 4) is 5.75 Å². The lowest BCUT2D eigenvalue weighted by Crippen LogP contribution is -2.06. The number of methoxy groups -OCH3 is 1. The van der Waals surface area contributed by atoms with Crippen molar-refractivity contribution in [1.29, 1.82) is 0 Å². The predicted octanol–water partition coefficient (Wildman–Crippen LogP) is 2.01. The lowest BCUT2D eigenvalue weighted by Gasteiger charge is -2.04. The quantitative estimate of drug-likeness (QED) is 0.830. The maximum absolute atomic E-state index is 13.1. The fourth-order valence-corrected chi connectivity index (χ4v) is 1.33. The molecule has 5 heteroatoms. The lowest BCUT2D eigenvalue weighted by atomic mass is 10.1. The summed E-state index contributed by atoms with van der Waals surface area (Å²) in [5.41, 5.74) is 0.182. The van der Waals surface area contributed by atoms with Gasteiger partial charge in [-0.2, -0.15) is 0 Å². The Labute approximate surface area is 88.6 Å². The molecule has 76 valence electrons. The zero-order valence-electron chi connectivity index (χ0n) is 7.38. The van der Waals surface area contributed by atoms with Gasteiger partial charge in [-0.25, -0.2) is 4.39 Å². The van der Waals surface area contributed by atoms with Crippen LogP contribution in [0.2, 0.25) is 0 Å². The molecule has 1 aromatic rings. The Morgan fingerprint density at radius 1 is 1.64 bits per heavy atom. The first-order chi connectivity index (χ1) is 6.54. The molecule has 0 amide bonds. The average molecular weight is 263 g/mol. The highest BCUT2D eigenvalue weighted by atomic mass is 79.9. The number of halogens is 2. The Kier molecular flexibility index (Phi) is 3.46. The van der Waals surface area contributed by atoms with E-state index in [0.29, 0.717) is 4.47 Å². The van der Waals surface area contributed by atoms with Gasteiger partial charge < -0.3 is 9.84 Å². The molecular weight excluding hydrogens is 255 g/mol. The van der Waals surface area contributed by atoms with Crippen LogP contribution < -0.4 is 0 Å². The van der Waals surface area contributed by atoms with E-state index in [1.807, 2.05) is 0 Å². The summed E-state index contributed by atoms with van der Waals surface area (Å²) in [6.07, 6.45) is -0.152. The second-order valence-corrected chi connectivity index (χ2v) is 3.50. The molecular formula is C9H8BrFO3. The van der Waals surface area contributed by atoms with Gasteiger partial charge in [0.05, 0.1) is 18.0 Å². The van der Waals surface area contributed by atoms with Crippen molar-refractivity contribution in [3.05, 3.63) is 28.0 Å². The third-order valence-electron chi connectivity index (χ3n) is 1.68. The molecule has 0 spiro atoms. The van der Waals surface area contributed by atoms with Gasteiger partial charge in [0, 0.05) is 11.6 Å². The van der Waals surface area contributed by atoms with Gasteiger partial charge in [0.15, 0.2) is 0 Å². The smallest absolute Gasteiger partial charge is 0.310 e. The topological polar surface area (TPSA) is 46.5 Å². The minimum absolute atomic E-state index is 0.152. The first-order valence-corrected chi connectivity index (χ1v) is 4.57. The Balaban J connectivity index is 2.98. The third-order valence-corrected chi connectivity index (χ3v) is 2.31. The van der Waals surface area contributed by atoms with Crippen LogP contribution in [-0.4, -0.2) is 18.2 Å². The van der Waals surface area contributed by atoms with Crippen LogP contribution in [0.5, 0.6) is 5.75 Å². The molecule has 1 N–H and O–H groups in total. The molecule has 0 bridgehead atoms. The molecule has 3 nitrogen and oxygen atoms in total. The summed E-state index contributed by atoms with van der Waals surface area (Å²) in [7, 11) is 1.23. The Hall–Kier alpha value is -1.10. The lowest BCUT2D eigenvalue weighted by molar-refractivity contribution is -0.139. The van der Waals surface area contributed by atoms with Crippen molar-refractivity contribution in [2.24, 2.45) is 0 Å². The number of esters is 1. The number of aromatic hydroxyl groups is 1. The molecule has 0 radical (unpaired) electrons. The van der Waals surface area contributed by atoms with E-state index in [-0.39, 0.29) is 17.7 Å². The van der Waals surface area contributed by atoms with Gasteiger partial charge in [-0.1, -0.05) is 0 Å². The Morgan fingerprint density at radius 3 is 2.86 bits per heavy atom. The van der Waals surface area contributed by atoms with E-state index in [0.717, 1.165) is 6.07 Å². The van der Waals surface area contributed by atoms with Crippen LogP contribution >= 0.6 is 15.9 Å². The first-order valence-electron chi connectivity index (χ1n) is 3.78. The molecule has 0 aliphatic rings. The van der Waals surface area contributed by atoms with Crippen LogP contribution in [-0.2, 0) is 16.0 Å². The summed E-state index contributed by atoms with van der Waals surface area (Å²) < 4.78 is 17.9. The summed E-state index contributed by atoms with van der Waals surface area (Å²) in [5, 5.41) is 9.11. The van der Waals surface area contributed by atoms with Crippen LogP contribution in [0.1, 0.15) is 5.56 Å². The Bertz CT molecular complexity index is 365. The highest BCUT2D eigenvalue weighted by Crippen LogP contribution is 2.26. The fraction of sp³-hybridized carbons (Fsp3) is 0.222. The van der Waals surface area contributed by atoms with Crippen LogP contribution in [0.3, 0.4) is 0 Å². The van der Waals surface area contributed by atoms with Gasteiger partial charge >= 0.3 is 5.97 Å². The molecule has 1 aromatic carbocycles. The highest BCUT2D eigenvalue weighted by Gasteiger charge is 2.11. The van der Waals surface area contributed by atoms with Crippen LogP contribution in [0.15, 0.2) is 16.6 Å². The van der Waals surface area contributed by atoms with Gasteiger partial charge in [-0.15, -0.1) is 0 Å². The number of carbonyl (C=O) groups is 1. The summed E-state index contributed by atoms with van der Waals surface area (Å²) >= 11 is 3.02. The second-order valence-electron chi connectivity index (χ2n) is 2.65. The molecule has 0 aliphatic carbocycles. The van der Waals surface area contributed by atoms with Crippen molar-refractivity contribution in [2.75, 3.05) is 7.11 Å². The van der Waals surface area contributed by atoms with Gasteiger partial charge in [0.25, 0.3) is 0 Å². The monoisotopic (exact) mass is 262 g/mol. The van der Waals surface area contributed by atoms with E-state index < -0.39 is 11.8 Å². The fourth-order valence-electron chi connectivity index (χ4n) is 0.941. The van der Waals surface area contributed by atoms with Crippen LogP contribution in [0.25, 0.3) is 0 Å².